The van der Waals surface area contributed by atoms with Crippen LogP contribution in [0.3, 0.4) is 0 Å². The molecular formula is C21H23FN4O3S. The van der Waals surface area contributed by atoms with E-state index in [2.05, 4.69) is 20.0 Å². The monoisotopic (exact) mass is 430 g/mol. The maximum atomic E-state index is 15.0. The highest BCUT2D eigenvalue weighted by Gasteiger charge is 2.30. The fourth-order valence-electron chi connectivity index (χ4n) is 3.44. The number of aromatic nitrogens is 2. The van der Waals surface area contributed by atoms with Crippen molar-refractivity contribution >= 4 is 38.5 Å². The lowest BCUT2D eigenvalue weighted by Crippen LogP contribution is -2.17. The van der Waals surface area contributed by atoms with E-state index in [1.165, 1.54) is 6.07 Å². The molecule has 9 heteroatoms. The van der Waals surface area contributed by atoms with Crippen molar-refractivity contribution in [2.24, 2.45) is 5.92 Å². The fraction of sp³-hybridized carbons (Fsp3) is 0.333. The predicted octanol–water partition coefficient (Wildman–Crippen LogP) is 4.18. The van der Waals surface area contributed by atoms with Gasteiger partial charge in [-0.15, -0.1) is 0 Å². The lowest BCUT2D eigenvalue weighted by atomic mass is 9.97. The van der Waals surface area contributed by atoms with Crippen LogP contribution in [0.1, 0.15) is 31.7 Å². The molecule has 3 aromatic rings. The molecule has 0 radical (unpaired) electrons. The van der Waals surface area contributed by atoms with E-state index < -0.39 is 15.8 Å². The number of amides is 1. The Morgan fingerprint density at radius 1 is 1.27 bits per heavy atom. The third kappa shape index (κ3) is 4.02. The number of pyridine rings is 1. The van der Waals surface area contributed by atoms with Crippen molar-refractivity contribution in [1.29, 1.82) is 0 Å². The molecule has 158 valence electrons. The molecule has 0 spiro atoms. The largest absolute Gasteiger partial charge is 0.346 e. The van der Waals surface area contributed by atoms with Crippen molar-refractivity contribution in [1.82, 2.24) is 9.97 Å². The van der Waals surface area contributed by atoms with Crippen LogP contribution in [0.4, 0.5) is 15.9 Å². The van der Waals surface area contributed by atoms with Crippen LogP contribution in [0.15, 0.2) is 30.5 Å². The smallest absolute Gasteiger partial charge is 0.232 e. The van der Waals surface area contributed by atoms with Gasteiger partial charge in [-0.05, 0) is 61.1 Å². The van der Waals surface area contributed by atoms with Gasteiger partial charge < -0.3 is 10.3 Å². The average molecular weight is 431 g/mol. The second kappa shape index (κ2) is 7.71. The summed E-state index contributed by atoms with van der Waals surface area (Å²) in [6, 6.07) is 6.65. The molecule has 0 bridgehead atoms. The lowest BCUT2D eigenvalue weighted by molar-refractivity contribution is -0.117. The minimum Gasteiger partial charge on any atom is -0.346 e. The number of sulfonamides is 1. The van der Waals surface area contributed by atoms with Crippen molar-refractivity contribution in [2.75, 3.05) is 15.8 Å². The van der Waals surface area contributed by atoms with Crippen molar-refractivity contribution < 1.29 is 17.6 Å². The number of hydrogen-bond donors (Lipinski definition) is 3. The maximum absolute atomic E-state index is 15.0. The number of rotatable bonds is 7. The summed E-state index contributed by atoms with van der Waals surface area (Å²) in [6.07, 6.45) is 3.92. The Labute approximate surface area is 174 Å². The molecule has 1 saturated carbocycles. The number of halogens is 1. The van der Waals surface area contributed by atoms with E-state index >= 15 is 4.39 Å². The van der Waals surface area contributed by atoms with Gasteiger partial charge in [0.2, 0.25) is 15.9 Å². The Morgan fingerprint density at radius 2 is 2.03 bits per heavy atom. The molecule has 1 aromatic carbocycles. The predicted molar refractivity (Wildman–Crippen MR) is 115 cm³/mol. The number of fused-ring (bicyclic) bond motifs is 1. The van der Waals surface area contributed by atoms with Gasteiger partial charge in [-0.3, -0.25) is 9.52 Å². The number of nitrogens with zero attached hydrogens (tertiary/aromatic N) is 1. The number of aromatic amines is 1. The van der Waals surface area contributed by atoms with Crippen molar-refractivity contribution in [3.63, 3.8) is 0 Å². The normalized spacial score (nSPS) is 14.1. The van der Waals surface area contributed by atoms with Gasteiger partial charge in [0.25, 0.3) is 0 Å². The highest BCUT2D eigenvalue weighted by Crippen LogP contribution is 2.36. The summed E-state index contributed by atoms with van der Waals surface area (Å²) < 4.78 is 41.4. The molecule has 30 heavy (non-hydrogen) atoms. The Hall–Kier alpha value is -2.94. The molecule has 0 aliphatic heterocycles. The van der Waals surface area contributed by atoms with Gasteiger partial charge in [0.05, 0.1) is 11.4 Å². The van der Waals surface area contributed by atoms with Gasteiger partial charge in [0.1, 0.15) is 11.5 Å². The molecular weight excluding hydrogens is 407 g/mol. The molecule has 7 nitrogen and oxygen atoms in total. The van der Waals surface area contributed by atoms with Gasteiger partial charge in [0.15, 0.2) is 5.82 Å². The first-order valence-electron chi connectivity index (χ1n) is 9.88. The fourth-order valence-corrected chi connectivity index (χ4v) is 4.57. The summed E-state index contributed by atoms with van der Waals surface area (Å²) in [7, 11) is -3.60. The Balaban J connectivity index is 1.75. The summed E-state index contributed by atoms with van der Waals surface area (Å²) in [6.45, 7) is 3.35. The van der Waals surface area contributed by atoms with Gasteiger partial charge >= 0.3 is 0 Å². The van der Waals surface area contributed by atoms with Gasteiger partial charge in [-0.25, -0.2) is 17.8 Å². The first-order chi connectivity index (χ1) is 14.3. The van der Waals surface area contributed by atoms with Crippen molar-refractivity contribution in [3.8, 4) is 11.1 Å². The molecule has 0 saturated heterocycles. The molecule has 1 aliphatic carbocycles. The number of anilines is 2. The molecule has 1 aliphatic rings. The summed E-state index contributed by atoms with van der Waals surface area (Å²) in [4.78, 5) is 19.6. The van der Waals surface area contributed by atoms with Crippen LogP contribution < -0.4 is 10.0 Å². The first kappa shape index (κ1) is 20.3. The molecule has 1 fully saturated rings. The molecule has 1 amide bonds. The number of carbonyl (C=O) groups excluding carboxylic acids is 1. The Bertz CT molecular complexity index is 1230. The highest BCUT2D eigenvalue weighted by molar-refractivity contribution is 7.92. The number of nitrogens with one attached hydrogen (secondary N) is 3. The summed E-state index contributed by atoms with van der Waals surface area (Å²) >= 11 is 0. The van der Waals surface area contributed by atoms with Crippen LogP contribution in [0.2, 0.25) is 0 Å². The van der Waals surface area contributed by atoms with Gasteiger partial charge in [-0.2, -0.15) is 0 Å². The molecule has 4 rings (SSSR count). The minimum atomic E-state index is -3.60. The van der Waals surface area contributed by atoms with Crippen LogP contribution >= 0.6 is 0 Å². The van der Waals surface area contributed by atoms with E-state index in [1.807, 2.05) is 6.07 Å². The van der Waals surface area contributed by atoms with Crippen LogP contribution in [0.5, 0.6) is 0 Å². The maximum Gasteiger partial charge on any atom is 0.232 e. The number of H-pyrrole nitrogens is 1. The van der Waals surface area contributed by atoms with Crippen molar-refractivity contribution in [2.45, 2.75) is 33.1 Å². The quantitative estimate of drug-likeness (QED) is 0.523. The van der Waals surface area contributed by atoms with Crippen LogP contribution in [-0.2, 0) is 14.8 Å². The van der Waals surface area contributed by atoms with Gasteiger partial charge in [-0.1, -0.05) is 13.0 Å². The van der Waals surface area contributed by atoms with Crippen LogP contribution in [0.25, 0.3) is 22.2 Å². The third-order valence-corrected chi connectivity index (χ3v) is 6.62. The van der Waals surface area contributed by atoms with E-state index in [0.29, 0.717) is 34.6 Å². The second-order valence-electron chi connectivity index (χ2n) is 7.58. The number of carbonyl (C=O) groups is 1. The summed E-state index contributed by atoms with van der Waals surface area (Å²) in [5, 5.41) is 3.61. The van der Waals surface area contributed by atoms with Crippen LogP contribution in [-0.4, -0.2) is 30.0 Å². The van der Waals surface area contributed by atoms with Crippen LogP contribution in [0, 0.1) is 18.7 Å². The van der Waals surface area contributed by atoms with E-state index in [4.69, 9.17) is 0 Å². The molecule has 0 unspecified atom stereocenters. The third-order valence-electron chi connectivity index (χ3n) is 5.14. The Kier molecular flexibility index (Phi) is 5.23. The SMILES string of the molecule is CCCS(=O)(=O)Nc1ccc(-c2cc(NC(=O)C3CC3)nc3[nH]ccc23)c(C)c1F. The Morgan fingerprint density at radius 3 is 2.73 bits per heavy atom. The van der Waals surface area contributed by atoms with E-state index in [-0.39, 0.29) is 23.3 Å². The number of hydrogen-bond acceptors (Lipinski definition) is 4. The van der Waals surface area contributed by atoms with E-state index in [1.54, 1.807) is 32.2 Å². The minimum absolute atomic E-state index is 0.0317. The van der Waals surface area contributed by atoms with Crippen molar-refractivity contribution in [3.05, 3.63) is 41.8 Å². The summed E-state index contributed by atoms with van der Waals surface area (Å²) in [5.74, 6) is -0.348. The second-order valence-corrected chi connectivity index (χ2v) is 9.42. The van der Waals surface area contributed by atoms with Gasteiger partial charge in [0, 0.05) is 17.5 Å². The summed E-state index contributed by atoms with van der Waals surface area (Å²) in [5.41, 5.74) is 2.10. The molecule has 2 heterocycles. The molecule has 2 aromatic heterocycles. The number of benzene rings is 1. The first-order valence-corrected chi connectivity index (χ1v) is 11.5. The lowest BCUT2D eigenvalue weighted by Gasteiger charge is -2.14. The molecule has 0 atom stereocenters. The highest BCUT2D eigenvalue weighted by atomic mass is 32.2. The average Bonchev–Trinajstić information content (AvgIpc) is 3.43. The molecule has 3 N–H and O–H groups in total. The zero-order valence-electron chi connectivity index (χ0n) is 16.8. The zero-order chi connectivity index (χ0) is 21.5. The van der Waals surface area contributed by atoms with E-state index in [9.17, 15) is 13.2 Å². The topological polar surface area (TPSA) is 104 Å². The standard InChI is InChI=1S/C21H23FN4O3S/c1-3-10-30(28,29)26-17-7-6-14(12(2)19(17)22)16-11-18(25-21(27)13-4-5-13)24-20-15(16)8-9-23-20/h6-9,11,13,26H,3-5,10H2,1-2H3,(H2,23,24,25,27). The zero-order valence-corrected chi connectivity index (χ0v) is 17.6. The van der Waals surface area contributed by atoms with E-state index in [0.717, 1.165) is 18.2 Å².